The van der Waals surface area contributed by atoms with Gasteiger partial charge < -0.3 is 25.8 Å². The first kappa shape index (κ1) is 19.5. The molecule has 2 fully saturated rings. The highest BCUT2D eigenvalue weighted by Crippen LogP contribution is 2.19. The summed E-state index contributed by atoms with van der Waals surface area (Å²) in [6.45, 7) is 4.13. The monoisotopic (exact) mass is 373 g/mol. The molecule has 0 spiro atoms. The van der Waals surface area contributed by atoms with E-state index in [1.54, 1.807) is 0 Å². The Morgan fingerprint density at radius 1 is 1.00 bits per heavy atom. The molecule has 0 aromatic heterocycles. The molecule has 27 heavy (non-hydrogen) atoms. The van der Waals surface area contributed by atoms with E-state index in [2.05, 4.69) is 32.8 Å². The van der Waals surface area contributed by atoms with Crippen molar-refractivity contribution in [2.24, 2.45) is 0 Å². The van der Waals surface area contributed by atoms with Crippen molar-refractivity contribution in [1.82, 2.24) is 15.5 Å². The summed E-state index contributed by atoms with van der Waals surface area (Å²) in [6.07, 6.45) is 5.62. The van der Waals surface area contributed by atoms with Gasteiger partial charge in [0.1, 0.15) is 0 Å². The predicted octanol–water partition coefficient (Wildman–Crippen LogP) is 2.01. The lowest BCUT2D eigenvalue weighted by molar-refractivity contribution is -0.115. The standard InChI is InChI=1S/C20H31N5O2/c1-24-11-13-25(14-12-24)18-9-7-17(8-10-18)22-19(26)15-21-20(27)23-16-5-3-2-4-6-16/h7-10,16H,2-6,11-15H2,1H3,(H,22,26)(H2,21,23,27). The maximum Gasteiger partial charge on any atom is 0.315 e. The lowest BCUT2D eigenvalue weighted by Gasteiger charge is -2.34. The Bertz CT molecular complexity index is 620. The summed E-state index contributed by atoms with van der Waals surface area (Å²) >= 11 is 0. The summed E-state index contributed by atoms with van der Waals surface area (Å²) in [5, 5.41) is 8.42. The highest BCUT2D eigenvalue weighted by Gasteiger charge is 2.16. The van der Waals surface area contributed by atoms with Gasteiger partial charge in [-0.05, 0) is 44.2 Å². The number of urea groups is 1. The van der Waals surface area contributed by atoms with Crippen molar-refractivity contribution in [3.05, 3.63) is 24.3 Å². The Morgan fingerprint density at radius 3 is 2.33 bits per heavy atom. The molecule has 1 aliphatic carbocycles. The zero-order valence-corrected chi connectivity index (χ0v) is 16.2. The fourth-order valence-electron chi connectivity index (χ4n) is 3.67. The molecule has 3 amide bonds. The Labute approximate surface area is 161 Å². The van der Waals surface area contributed by atoms with E-state index >= 15 is 0 Å². The fraction of sp³-hybridized carbons (Fsp3) is 0.600. The van der Waals surface area contributed by atoms with Crippen molar-refractivity contribution in [2.45, 2.75) is 38.1 Å². The van der Waals surface area contributed by atoms with Crippen LogP contribution in [0.2, 0.25) is 0 Å². The van der Waals surface area contributed by atoms with Crippen LogP contribution >= 0.6 is 0 Å². The van der Waals surface area contributed by atoms with E-state index in [0.29, 0.717) is 0 Å². The Balaban J connectivity index is 1.39. The third kappa shape index (κ3) is 6.13. The van der Waals surface area contributed by atoms with Crippen molar-refractivity contribution in [3.63, 3.8) is 0 Å². The first-order valence-corrected chi connectivity index (χ1v) is 9.98. The van der Waals surface area contributed by atoms with Gasteiger partial charge in [0.15, 0.2) is 0 Å². The van der Waals surface area contributed by atoms with E-state index in [-0.39, 0.29) is 24.5 Å². The lowest BCUT2D eigenvalue weighted by Crippen LogP contribution is -2.45. The van der Waals surface area contributed by atoms with Gasteiger partial charge >= 0.3 is 6.03 Å². The number of nitrogens with zero attached hydrogens (tertiary/aromatic N) is 2. The maximum absolute atomic E-state index is 12.1. The van der Waals surface area contributed by atoms with E-state index in [1.165, 1.54) is 12.1 Å². The largest absolute Gasteiger partial charge is 0.369 e. The smallest absolute Gasteiger partial charge is 0.315 e. The van der Waals surface area contributed by atoms with E-state index in [0.717, 1.165) is 57.5 Å². The number of likely N-dealkylation sites (N-methyl/N-ethyl adjacent to an activating group) is 1. The number of carbonyl (C=O) groups is 2. The number of hydrogen-bond acceptors (Lipinski definition) is 4. The average Bonchev–Trinajstić information content (AvgIpc) is 2.68. The number of amides is 3. The van der Waals surface area contributed by atoms with Crippen molar-refractivity contribution in [1.29, 1.82) is 0 Å². The molecule has 0 unspecified atom stereocenters. The SMILES string of the molecule is CN1CCN(c2ccc(NC(=O)CNC(=O)NC3CCCCC3)cc2)CC1. The zero-order valence-electron chi connectivity index (χ0n) is 16.2. The molecule has 7 nitrogen and oxygen atoms in total. The zero-order chi connectivity index (χ0) is 19.1. The van der Waals surface area contributed by atoms with Crippen molar-refractivity contribution >= 4 is 23.3 Å². The van der Waals surface area contributed by atoms with Gasteiger partial charge in [0.25, 0.3) is 0 Å². The summed E-state index contributed by atoms with van der Waals surface area (Å²) < 4.78 is 0. The minimum atomic E-state index is -0.262. The topological polar surface area (TPSA) is 76.7 Å². The van der Waals surface area contributed by atoms with Gasteiger partial charge in [-0.15, -0.1) is 0 Å². The van der Waals surface area contributed by atoms with Crippen LogP contribution in [0.25, 0.3) is 0 Å². The summed E-state index contributed by atoms with van der Waals surface area (Å²) in [5.41, 5.74) is 1.92. The molecule has 2 aliphatic rings. The normalized spacial score (nSPS) is 18.8. The van der Waals surface area contributed by atoms with Gasteiger partial charge in [0, 0.05) is 43.6 Å². The van der Waals surface area contributed by atoms with Crippen LogP contribution in [0.3, 0.4) is 0 Å². The summed E-state index contributed by atoms with van der Waals surface area (Å²) in [6, 6.07) is 7.86. The number of piperazine rings is 1. The number of rotatable bonds is 5. The molecule has 1 aromatic rings. The van der Waals surface area contributed by atoms with E-state index in [9.17, 15) is 9.59 Å². The predicted molar refractivity (Wildman–Crippen MR) is 108 cm³/mol. The molecule has 1 saturated heterocycles. The molecule has 0 bridgehead atoms. The van der Waals surface area contributed by atoms with Crippen LogP contribution in [0, 0.1) is 0 Å². The van der Waals surface area contributed by atoms with E-state index in [4.69, 9.17) is 0 Å². The molecule has 0 radical (unpaired) electrons. The van der Waals surface area contributed by atoms with Crippen LogP contribution < -0.4 is 20.9 Å². The molecule has 1 aromatic carbocycles. The molecule has 1 aliphatic heterocycles. The second kappa shape index (κ2) is 9.60. The van der Waals surface area contributed by atoms with Crippen LogP contribution in [0.5, 0.6) is 0 Å². The molecular weight excluding hydrogens is 342 g/mol. The molecule has 7 heteroatoms. The lowest BCUT2D eigenvalue weighted by atomic mass is 9.96. The third-order valence-corrected chi connectivity index (χ3v) is 5.37. The summed E-state index contributed by atoms with van der Waals surface area (Å²) in [7, 11) is 2.14. The summed E-state index contributed by atoms with van der Waals surface area (Å²) in [4.78, 5) is 28.6. The van der Waals surface area contributed by atoms with Gasteiger partial charge in [-0.3, -0.25) is 4.79 Å². The maximum atomic E-state index is 12.1. The first-order chi connectivity index (χ1) is 13.1. The Kier molecular flexibility index (Phi) is 6.92. The number of hydrogen-bond donors (Lipinski definition) is 3. The van der Waals surface area contributed by atoms with Crippen molar-refractivity contribution in [3.8, 4) is 0 Å². The van der Waals surface area contributed by atoms with Gasteiger partial charge in [0.2, 0.25) is 5.91 Å². The number of nitrogens with one attached hydrogen (secondary N) is 3. The molecule has 1 heterocycles. The Morgan fingerprint density at radius 2 is 1.67 bits per heavy atom. The quantitative estimate of drug-likeness (QED) is 0.738. The number of benzene rings is 1. The molecule has 148 valence electrons. The summed E-state index contributed by atoms with van der Waals surface area (Å²) in [5.74, 6) is -0.221. The second-order valence-corrected chi connectivity index (χ2v) is 7.55. The molecule has 3 rings (SSSR count). The first-order valence-electron chi connectivity index (χ1n) is 9.98. The number of anilines is 2. The minimum absolute atomic E-state index is 0.0290. The third-order valence-electron chi connectivity index (χ3n) is 5.37. The molecule has 1 saturated carbocycles. The van der Waals surface area contributed by atoms with Crippen LogP contribution in [0.4, 0.5) is 16.2 Å². The van der Waals surface area contributed by atoms with Crippen LogP contribution in [0.15, 0.2) is 24.3 Å². The minimum Gasteiger partial charge on any atom is -0.369 e. The van der Waals surface area contributed by atoms with E-state index in [1.807, 2.05) is 24.3 Å². The Hall–Kier alpha value is -2.28. The van der Waals surface area contributed by atoms with Gasteiger partial charge in [-0.1, -0.05) is 19.3 Å². The van der Waals surface area contributed by atoms with Gasteiger partial charge in [-0.2, -0.15) is 0 Å². The highest BCUT2D eigenvalue weighted by molar-refractivity contribution is 5.94. The highest BCUT2D eigenvalue weighted by atomic mass is 16.2. The fourth-order valence-corrected chi connectivity index (χ4v) is 3.67. The second-order valence-electron chi connectivity index (χ2n) is 7.55. The number of carbonyl (C=O) groups excluding carboxylic acids is 2. The average molecular weight is 374 g/mol. The molecule has 3 N–H and O–H groups in total. The van der Waals surface area contributed by atoms with E-state index < -0.39 is 0 Å². The van der Waals surface area contributed by atoms with Gasteiger partial charge in [-0.25, -0.2) is 4.79 Å². The molecular formula is C20H31N5O2. The van der Waals surface area contributed by atoms with Crippen LogP contribution in [-0.2, 0) is 4.79 Å². The molecule has 0 atom stereocenters. The van der Waals surface area contributed by atoms with Crippen LogP contribution in [-0.4, -0.2) is 62.7 Å². The van der Waals surface area contributed by atoms with Crippen molar-refractivity contribution < 1.29 is 9.59 Å². The van der Waals surface area contributed by atoms with Gasteiger partial charge in [0.05, 0.1) is 6.54 Å². The van der Waals surface area contributed by atoms with Crippen molar-refractivity contribution in [2.75, 3.05) is 50.0 Å². The van der Waals surface area contributed by atoms with Crippen LogP contribution in [0.1, 0.15) is 32.1 Å².